The van der Waals surface area contributed by atoms with Crippen LogP contribution in [0.3, 0.4) is 0 Å². The quantitative estimate of drug-likeness (QED) is 0.741. The summed E-state index contributed by atoms with van der Waals surface area (Å²) in [7, 11) is 0. The van der Waals surface area contributed by atoms with Gasteiger partial charge in [0.2, 0.25) is 5.91 Å². The third-order valence-corrected chi connectivity index (χ3v) is 6.16. The van der Waals surface area contributed by atoms with E-state index in [4.69, 9.17) is 4.99 Å². The average molecular weight is 455 g/mol. The van der Waals surface area contributed by atoms with E-state index >= 15 is 0 Å². The van der Waals surface area contributed by atoms with Crippen molar-refractivity contribution in [3.63, 3.8) is 0 Å². The molecule has 0 unspecified atom stereocenters. The van der Waals surface area contributed by atoms with Crippen LogP contribution >= 0.6 is 0 Å². The number of hydrogen-bond acceptors (Lipinski definition) is 4. The summed E-state index contributed by atoms with van der Waals surface area (Å²) in [5.41, 5.74) is 1.59. The molecule has 6 nitrogen and oxygen atoms in total. The third-order valence-electron chi connectivity index (χ3n) is 6.16. The number of likely N-dealkylation sites (tertiary alicyclic amines) is 1. The first-order chi connectivity index (χ1) is 15.5. The minimum atomic E-state index is -0.687. The molecule has 8 heteroatoms. The van der Waals surface area contributed by atoms with Crippen LogP contribution in [-0.4, -0.2) is 47.7 Å². The fraction of sp³-hybridized carbons (Fsp3) is 0.400. The fourth-order valence-electron chi connectivity index (χ4n) is 4.19. The molecule has 1 spiro atoms. The Bertz CT molecular complexity index is 1100. The van der Waals surface area contributed by atoms with Gasteiger partial charge in [0.1, 0.15) is 23.0 Å². The van der Waals surface area contributed by atoms with Crippen LogP contribution in [0, 0.1) is 11.6 Å². The molecule has 2 amide bonds. The van der Waals surface area contributed by atoms with Crippen LogP contribution in [0.15, 0.2) is 47.5 Å². The van der Waals surface area contributed by atoms with Gasteiger partial charge in [-0.1, -0.05) is 45.0 Å². The number of halogens is 2. The summed E-state index contributed by atoms with van der Waals surface area (Å²) in [6.45, 7) is 7.54. The second-order valence-electron chi connectivity index (χ2n) is 9.72. The van der Waals surface area contributed by atoms with Crippen LogP contribution < -0.4 is 10.6 Å². The van der Waals surface area contributed by atoms with Gasteiger partial charge in [-0.25, -0.2) is 8.78 Å². The molecule has 0 bridgehead atoms. The van der Waals surface area contributed by atoms with Crippen LogP contribution in [0.5, 0.6) is 0 Å². The molecule has 2 aromatic rings. The van der Waals surface area contributed by atoms with Gasteiger partial charge in [0.05, 0.1) is 12.2 Å². The van der Waals surface area contributed by atoms with Crippen LogP contribution in [0.25, 0.3) is 0 Å². The number of nitrogens with one attached hydrogen (secondary N) is 2. The lowest BCUT2D eigenvalue weighted by atomic mass is 9.86. The monoisotopic (exact) mass is 454 g/mol. The molecule has 0 atom stereocenters. The van der Waals surface area contributed by atoms with Gasteiger partial charge in [-0.2, -0.15) is 0 Å². The van der Waals surface area contributed by atoms with E-state index in [0.717, 1.165) is 23.8 Å². The van der Waals surface area contributed by atoms with Crippen molar-refractivity contribution in [3.05, 3.63) is 65.2 Å². The van der Waals surface area contributed by atoms with Gasteiger partial charge in [0.25, 0.3) is 5.91 Å². The van der Waals surface area contributed by atoms with Gasteiger partial charge in [0, 0.05) is 37.6 Å². The lowest BCUT2D eigenvalue weighted by Gasteiger charge is -2.36. The molecule has 1 saturated heterocycles. The Morgan fingerprint density at radius 3 is 2.42 bits per heavy atom. The van der Waals surface area contributed by atoms with E-state index in [1.165, 1.54) is 5.56 Å². The van der Waals surface area contributed by atoms with Crippen molar-refractivity contribution in [2.75, 3.05) is 25.0 Å². The van der Waals surface area contributed by atoms with Gasteiger partial charge >= 0.3 is 0 Å². The Morgan fingerprint density at radius 1 is 1.12 bits per heavy atom. The SMILES string of the molecule is CC(C)(C)c1ccc(C2=NC3(CCN(CC(=O)Nc4cc(F)ccc4F)CC3)NC2=O)cc1. The summed E-state index contributed by atoms with van der Waals surface area (Å²) < 4.78 is 27.1. The number of hydrogen-bond donors (Lipinski definition) is 2. The van der Waals surface area contributed by atoms with Crippen molar-refractivity contribution in [1.29, 1.82) is 0 Å². The molecule has 0 saturated carbocycles. The van der Waals surface area contributed by atoms with Crippen molar-refractivity contribution < 1.29 is 18.4 Å². The van der Waals surface area contributed by atoms with E-state index in [1.807, 2.05) is 29.2 Å². The Hall–Kier alpha value is -3.13. The number of carbonyl (C=O) groups excluding carboxylic acids is 2. The molecule has 33 heavy (non-hydrogen) atoms. The minimum absolute atomic E-state index is 0.0268. The maximum Gasteiger partial charge on any atom is 0.272 e. The Kier molecular flexibility index (Phi) is 6.05. The minimum Gasteiger partial charge on any atom is -0.326 e. The molecule has 2 heterocycles. The molecule has 0 aliphatic carbocycles. The predicted octanol–water partition coefficient (Wildman–Crippen LogP) is 3.61. The second-order valence-corrected chi connectivity index (χ2v) is 9.72. The van der Waals surface area contributed by atoms with Crippen molar-refractivity contribution in [2.45, 2.75) is 44.7 Å². The third kappa shape index (κ3) is 5.11. The van der Waals surface area contributed by atoms with Crippen molar-refractivity contribution in [1.82, 2.24) is 10.2 Å². The highest BCUT2D eigenvalue weighted by Crippen LogP contribution is 2.30. The average Bonchev–Trinajstić information content (AvgIpc) is 3.08. The lowest BCUT2D eigenvalue weighted by Crippen LogP contribution is -2.52. The van der Waals surface area contributed by atoms with Crippen LogP contribution in [0.4, 0.5) is 14.5 Å². The first-order valence-corrected chi connectivity index (χ1v) is 11.1. The topological polar surface area (TPSA) is 73.8 Å². The first-order valence-electron chi connectivity index (χ1n) is 11.1. The van der Waals surface area contributed by atoms with E-state index in [9.17, 15) is 18.4 Å². The van der Waals surface area contributed by atoms with Crippen LogP contribution in [0.1, 0.15) is 44.7 Å². The van der Waals surface area contributed by atoms with Crippen molar-refractivity contribution >= 4 is 23.2 Å². The van der Waals surface area contributed by atoms with Gasteiger partial charge < -0.3 is 10.6 Å². The van der Waals surface area contributed by atoms with E-state index in [1.54, 1.807) is 0 Å². The van der Waals surface area contributed by atoms with Crippen LogP contribution in [0.2, 0.25) is 0 Å². The van der Waals surface area contributed by atoms with Crippen molar-refractivity contribution in [3.8, 4) is 0 Å². The number of piperidine rings is 1. The van der Waals surface area contributed by atoms with E-state index < -0.39 is 23.2 Å². The number of rotatable bonds is 4. The molecule has 2 aliphatic heterocycles. The zero-order valence-corrected chi connectivity index (χ0v) is 19.0. The summed E-state index contributed by atoms with van der Waals surface area (Å²) in [5.74, 6) is -1.92. The Morgan fingerprint density at radius 2 is 1.79 bits per heavy atom. The van der Waals surface area contributed by atoms with Crippen LogP contribution in [-0.2, 0) is 15.0 Å². The van der Waals surface area contributed by atoms with Gasteiger partial charge in [-0.3, -0.25) is 19.5 Å². The molecule has 4 rings (SSSR count). The standard InChI is InChI=1S/C25H28F2N4O2/c1-24(2,3)17-6-4-16(5-7-17)22-23(33)30-25(29-22)10-12-31(13-11-25)15-21(32)28-20-14-18(26)8-9-19(20)27/h4-9,14H,10-13,15H2,1-3H3,(H,28,32)(H,30,33). The predicted molar refractivity (Wildman–Crippen MR) is 123 cm³/mol. The summed E-state index contributed by atoms with van der Waals surface area (Å²) in [6.07, 6.45) is 1.12. The maximum atomic E-state index is 13.8. The largest absolute Gasteiger partial charge is 0.326 e. The summed E-state index contributed by atoms with van der Waals surface area (Å²) in [5, 5.41) is 5.45. The molecule has 2 aliphatic rings. The van der Waals surface area contributed by atoms with Crippen molar-refractivity contribution in [2.24, 2.45) is 4.99 Å². The summed E-state index contributed by atoms with van der Waals surface area (Å²) in [6, 6.07) is 10.9. The zero-order valence-electron chi connectivity index (χ0n) is 19.0. The normalized spacial score (nSPS) is 18.2. The molecule has 1 fully saturated rings. The first kappa shape index (κ1) is 23.0. The molecule has 0 aromatic heterocycles. The smallest absolute Gasteiger partial charge is 0.272 e. The lowest BCUT2D eigenvalue weighted by molar-refractivity contribution is -0.119. The second kappa shape index (κ2) is 8.67. The number of anilines is 1. The number of nitrogens with zero attached hydrogens (tertiary/aromatic N) is 2. The molecule has 0 radical (unpaired) electrons. The Balaban J connectivity index is 1.37. The molecular weight excluding hydrogens is 426 g/mol. The molecule has 174 valence electrons. The van der Waals surface area contributed by atoms with E-state index in [-0.39, 0.29) is 23.6 Å². The summed E-state index contributed by atoms with van der Waals surface area (Å²) in [4.78, 5) is 31.6. The number of amides is 2. The summed E-state index contributed by atoms with van der Waals surface area (Å²) >= 11 is 0. The molecular formula is C25H28F2N4O2. The van der Waals surface area contributed by atoms with Gasteiger partial charge in [-0.05, 0) is 23.1 Å². The highest BCUT2D eigenvalue weighted by molar-refractivity contribution is 6.46. The Labute approximate surface area is 192 Å². The van der Waals surface area contributed by atoms with E-state index in [0.29, 0.717) is 31.6 Å². The number of aliphatic imine (C=N–C) groups is 1. The number of carbonyl (C=O) groups is 2. The molecule has 2 N–H and O–H groups in total. The molecule has 2 aromatic carbocycles. The maximum absolute atomic E-state index is 13.8. The zero-order chi connectivity index (χ0) is 23.8. The van der Waals surface area contributed by atoms with Gasteiger partial charge in [0.15, 0.2) is 0 Å². The number of benzene rings is 2. The van der Waals surface area contributed by atoms with Gasteiger partial charge in [-0.15, -0.1) is 0 Å². The fourth-order valence-corrected chi connectivity index (χ4v) is 4.19. The van der Waals surface area contributed by atoms with E-state index in [2.05, 4.69) is 31.4 Å². The highest BCUT2D eigenvalue weighted by Gasteiger charge is 2.42. The highest BCUT2D eigenvalue weighted by atomic mass is 19.1.